The Kier molecular flexibility index (Phi) is 5.77. The van der Waals surface area contributed by atoms with Crippen molar-refractivity contribution in [3.63, 3.8) is 0 Å². The minimum atomic E-state index is -3.75. The number of halogens is 1. The Labute approximate surface area is 76.0 Å². The van der Waals surface area contributed by atoms with Gasteiger partial charge < -0.3 is 10.2 Å². The summed E-state index contributed by atoms with van der Waals surface area (Å²) >= 11 is 5.17. The predicted molar refractivity (Wildman–Crippen MR) is 43.6 cm³/mol. The second-order valence-electron chi connectivity index (χ2n) is 2.08. The molecule has 1 atom stereocenters. The van der Waals surface area contributed by atoms with E-state index in [9.17, 15) is 8.42 Å². The first-order valence-electron chi connectivity index (χ1n) is 3.24. The van der Waals surface area contributed by atoms with Crippen LogP contribution in [0.4, 0.5) is 0 Å². The third-order valence-electron chi connectivity index (χ3n) is 0.929. The number of rotatable bonds is 6. The van der Waals surface area contributed by atoms with Crippen LogP contribution in [0.1, 0.15) is 0 Å². The molecule has 0 heterocycles. The Bertz CT molecular complexity index is 202. The zero-order valence-corrected chi connectivity index (χ0v) is 7.88. The average Bonchev–Trinajstić information content (AvgIpc) is 2.00. The molecule has 0 fully saturated rings. The summed E-state index contributed by atoms with van der Waals surface area (Å²) in [5.74, 6) is -0.710. The van der Waals surface area contributed by atoms with Crippen molar-refractivity contribution in [1.82, 2.24) is 0 Å². The minimum Gasteiger partial charge on any atom is -0.394 e. The quantitative estimate of drug-likeness (QED) is 0.438. The van der Waals surface area contributed by atoms with E-state index in [0.29, 0.717) is 0 Å². The van der Waals surface area contributed by atoms with Gasteiger partial charge in [0.2, 0.25) is 0 Å². The van der Waals surface area contributed by atoms with Crippen LogP contribution in [0.25, 0.3) is 0 Å². The Morgan fingerprint density at radius 1 is 1.50 bits per heavy atom. The molecule has 0 spiro atoms. The van der Waals surface area contributed by atoms with Crippen molar-refractivity contribution in [2.75, 3.05) is 24.8 Å². The predicted octanol–water partition coefficient (Wildman–Crippen LogP) is -1.08. The van der Waals surface area contributed by atoms with Gasteiger partial charge in [0.25, 0.3) is 10.1 Å². The van der Waals surface area contributed by atoms with E-state index in [-0.39, 0.29) is 19.1 Å². The third-order valence-corrected chi connectivity index (χ3v) is 2.60. The molecule has 74 valence electrons. The first-order chi connectivity index (χ1) is 5.52. The number of hydrogen-bond acceptors (Lipinski definition) is 5. The number of hydrogen-bond donors (Lipinski definition) is 2. The lowest BCUT2D eigenvalue weighted by molar-refractivity contribution is 0.192. The summed E-state index contributed by atoms with van der Waals surface area (Å²) in [5.41, 5.74) is 0. The van der Waals surface area contributed by atoms with Crippen molar-refractivity contribution in [1.29, 1.82) is 0 Å². The maximum Gasteiger partial charge on any atom is 0.270 e. The second kappa shape index (κ2) is 5.71. The zero-order valence-electron chi connectivity index (χ0n) is 6.31. The van der Waals surface area contributed by atoms with Crippen LogP contribution in [0.3, 0.4) is 0 Å². The summed E-state index contributed by atoms with van der Waals surface area (Å²) in [6.07, 6.45) is -1.13. The van der Waals surface area contributed by atoms with E-state index >= 15 is 0 Å². The highest BCUT2D eigenvalue weighted by atomic mass is 35.5. The normalized spacial score (nSPS) is 14.6. The molecule has 0 aromatic carbocycles. The van der Waals surface area contributed by atoms with Gasteiger partial charge in [-0.3, -0.25) is 4.18 Å². The largest absolute Gasteiger partial charge is 0.394 e. The van der Waals surface area contributed by atoms with Gasteiger partial charge in [-0.15, -0.1) is 11.6 Å². The van der Waals surface area contributed by atoms with Gasteiger partial charge in [-0.05, 0) is 0 Å². The fourth-order valence-electron chi connectivity index (χ4n) is 0.493. The van der Waals surface area contributed by atoms with E-state index in [4.69, 9.17) is 21.8 Å². The van der Waals surface area contributed by atoms with Gasteiger partial charge >= 0.3 is 0 Å². The molecule has 0 aromatic heterocycles. The molecule has 0 amide bonds. The van der Waals surface area contributed by atoms with Crippen molar-refractivity contribution in [3.8, 4) is 0 Å². The summed E-state index contributed by atoms with van der Waals surface area (Å²) in [5, 5.41) is 17.1. The first kappa shape index (κ1) is 12.1. The Hall–Kier alpha value is 0.120. The fourth-order valence-corrected chi connectivity index (χ4v) is 1.74. The fraction of sp³-hybridized carbons (Fsp3) is 1.00. The molecule has 0 rings (SSSR count). The van der Waals surface area contributed by atoms with E-state index in [0.717, 1.165) is 0 Å². The van der Waals surface area contributed by atoms with Crippen molar-refractivity contribution >= 4 is 21.7 Å². The van der Waals surface area contributed by atoms with Crippen LogP contribution in [-0.2, 0) is 14.3 Å². The van der Waals surface area contributed by atoms with Crippen molar-refractivity contribution in [3.05, 3.63) is 0 Å². The lowest BCUT2D eigenvalue weighted by atomic mass is 10.5. The van der Waals surface area contributed by atoms with E-state index < -0.39 is 22.0 Å². The lowest BCUT2D eigenvalue weighted by Crippen LogP contribution is -2.24. The number of aliphatic hydroxyl groups excluding tert-OH is 2. The molecule has 0 aliphatic rings. The van der Waals surface area contributed by atoms with Gasteiger partial charge in [-0.2, -0.15) is 8.42 Å². The van der Waals surface area contributed by atoms with E-state index in [1.165, 1.54) is 0 Å². The molecular formula is C5H11ClO5S. The minimum absolute atomic E-state index is 0.165. The molecular weight excluding hydrogens is 208 g/mol. The van der Waals surface area contributed by atoms with Crippen LogP contribution >= 0.6 is 11.6 Å². The molecule has 7 heteroatoms. The van der Waals surface area contributed by atoms with Crippen LogP contribution in [-0.4, -0.2) is 49.6 Å². The maximum atomic E-state index is 10.8. The molecule has 0 saturated heterocycles. The Morgan fingerprint density at radius 3 is 2.50 bits per heavy atom. The highest BCUT2D eigenvalue weighted by Crippen LogP contribution is 1.98. The monoisotopic (exact) mass is 218 g/mol. The van der Waals surface area contributed by atoms with Gasteiger partial charge in [-0.1, -0.05) is 0 Å². The molecule has 1 unspecified atom stereocenters. The summed E-state index contributed by atoms with van der Waals surface area (Å²) in [7, 11) is -3.75. The molecule has 0 saturated carbocycles. The molecule has 2 N–H and O–H groups in total. The number of alkyl halides is 1. The van der Waals surface area contributed by atoms with Gasteiger partial charge in [0, 0.05) is 5.88 Å². The highest BCUT2D eigenvalue weighted by Gasteiger charge is 2.16. The molecule has 0 bridgehead atoms. The van der Waals surface area contributed by atoms with E-state index in [1.54, 1.807) is 0 Å². The number of aliphatic hydroxyl groups is 2. The van der Waals surface area contributed by atoms with Crippen LogP contribution in [0, 0.1) is 0 Å². The zero-order chi connectivity index (χ0) is 9.61. The SMILES string of the molecule is O=S(=O)(CC(O)CCl)OCCO. The van der Waals surface area contributed by atoms with E-state index in [2.05, 4.69) is 4.18 Å². The lowest BCUT2D eigenvalue weighted by Gasteiger charge is -2.06. The van der Waals surface area contributed by atoms with Gasteiger partial charge in [-0.25, -0.2) is 0 Å². The van der Waals surface area contributed by atoms with Crippen molar-refractivity contribution in [2.45, 2.75) is 6.10 Å². The molecule has 0 aliphatic heterocycles. The van der Waals surface area contributed by atoms with Gasteiger partial charge in [0.05, 0.1) is 19.3 Å². The topological polar surface area (TPSA) is 83.8 Å². The van der Waals surface area contributed by atoms with Crippen LogP contribution in [0.2, 0.25) is 0 Å². The maximum absolute atomic E-state index is 10.8. The smallest absolute Gasteiger partial charge is 0.270 e. The standard InChI is InChI=1S/C5H11ClO5S/c6-3-5(8)4-12(9,10)11-2-1-7/h5,7-8H,1-4H2. The molecule has 5 nitrogen and oxygen atoms in total. The van der Waals surface area contributed by atoms with Crippen LogP contribution < -0.4 is 0 Å². The van der Waals surface area contributed by atoms with Gasteiger partial charge in [0.15, 0.2) is 0 Å². The van der Waals surface area contributed by atoms with Crippen molar-refractivity contribution < 1.29 is 22.8 Å². The van der Waals surface area contributed by atoms with E-state index in [1.807, 2.05) is 0 Å². The van der Waals surface area contributed by atoms with Gasteiger partial charge in [0.1, 0.15) is 5.75 Å². The van der Waals surface area contributed by atoms with Crippen LogP contribution in [0.5, 0.6) is 0 Å². The third kappa shape index (κ3) is 5.73. The highest BCUT2D eigenvalue weighted by molar-refractivity contribution is 7.86. The summed E-state index contributed by atoms with van der Waals surface area (Å²) < 4.78 is 25.9. The Balaban J connectivity index is 3.88. The van der Waals surface area contributed by atoms with Crippen molar-refractivity contribution in [2.24, 2.45) is 0 Å². The summed E-state index contributed by atoms with van der Waals surface area (Å²) in [4.78, 5) is 0. The molecule has 12 heavy (non-hydrogen) atoms. The second-order valence-corrected chi connectivity index (χ2v) is 4.07. The molecule has 0 radical (unpaired) electrons. The summed E-state index contributed by atoms with van der Waals surface area (Å²) in [6, 6.07) is 0. The average molecular weight is 219 g/mol. The van der Waals surface area contributed by atoms with Crippen LogP contribution in [0.15, 0.2) is 0 Å². The molecule has 0 aromatic rings. The Morgan fingerprint density at radius 2 is 2.08 bits per heavy atom. The molecule has 0 aliphatic carbocycles. The summed E-state index contributed by atoms with van der Waals surface area (Å²) in [6.45, 7) is -0.673. The first-order valence-corrected chi connectivity index (χ1v) is 5.35.